The number of carbonyl (C=O) groups is 1. The van der Waals surface area contributed by atoms with Crippen LogP contribution in [0.4, 0.5) is 0 Å². The van der Waals surface area contributed by atoms with Crippen LogP contribution < -0.4 is 5.32 Å². The van der Waals surface area contributed by atoms with Gasteiger partial charge in [0.15, 0.2) is 9.84 Å². The lowest BCUT2D eigenvalue weighted by molar-refractivity contribution is -0.116. The lowest BCUT2D eigenvalue weighted by Crippen LogP contribution is -2.28. The Morgan fingerprint density at radius 2 is 1.93 bits per heavy atom. The molecule has 27 heavy (non-hydrogen) atoms. The van der Waals surface area contributed by atoms with Crippen LogP contribution in [0, 0.1) is 26.7 Å². The molecule has 6 heteroatoms. The van der Waals surface area contributed by atoms with Crippen molar-refractivity contribution in [2.45, 2.75) is 27.2 Å². The molecule has 1 unspecified atom stereocenters. The van der Waals surface area contributed by atoms with Gasteiger partial charge in [-0.25, -0.2) is 8.42 Å². The molecule has 1 aliphatic rings. The van der Waals surface area contributed by atoms with Crippen LogP contribution in [-0.4, -0.2) is 36.9 Å². The van der Waals surface area contributed by atoms with Crippen molar-refractivity contribution >= 4 is 21.8 Å². The number of benzene rings is 1. The Morgan fingerprint density at radius 3 is 2.56 bits per heavy atom. The van der Waals surface area contributed by atoms with Crippen molar-refractivity contribution in [2.24, 2.45) is 5.92 Å². The Morgan fingerprint density at radius 1 is 1.22 bits per heavy atom. The number of aromatic nitrogens is 1. The predicted molar refractivity (Wildman–Crippen MR) is 109 cm³/mol. The number of carbonyl (C=O) groups excluding carboxylic acids is 1. The molecule has 2 aromatic rings. The van der Waals surface area contributed by atoms with Gasteiger partial charge in [0.05, 0.1) is 11.5 Å². The van der Waals surface area contributed by atoms with Gasteiger partial charge in [-0.05, 0) is 62.9 Å². The quantitative estimate of drug-likeness (QED) is 0.804. The average molecular weight is 387 g/mol. The monoisotopic (exact) mass is 386 g/mol. The molecule has 5 nitrogen and oxygen atoms in total. The van der Waals surface area contributed by atoms with Crippen LogP contribution in [0.25, 0.3) is 11.8 Å². The van der Waals surface area contributed by atoms with E-state index in [1.165, 1.54) is 11.6 Å². The Balaban J connectivity index is 1.66. The van der Waals surface area contributed by atoms with E-state index in [0.29, 0.717) is 13.0 Å². The highest BCUT2D eigenvalue weighted by Gasteiger charge is 2.27. The third kappa shape index (κ3) is 4.69. The summed E-state index contributed by atoms with van der Waals surface area (Å²) < 4.78 is 25.1. The first-order valence-corrected chi connectivity index (χ1v) is 11.0. The second-order valence-electron chi connectivity index (χ2n) is 7.34. The summed E-state index contributed by atoms with van der Waals surface area (Å²) in [4.78, 5) is 12.1. The largest absolute Gasteiger partial charge is 0.352 e. The highest BCUT2D eigenvalue weighted by molar-refractivity contribution is 7.91. The van der Waals surface area contributed by atoms with Crippen molar-refractivity contribution in [3.63, 3.8) is 0 Å². The molecule has 1 amide bonds. The molecule has 0 saturated carbocycles. The second kappa shape index (κ2) is 7.72. The molecule has 1 saturated heterocycles. The van der Waals surface area contributed by atoms with E-state index in [1.54, 1.807) is 0 Å². The van der Waals surface area contributed by atoms with E-state index in [0.717, 1.165) is 22.6 Å². The fraction of sp³-hybridized carbons (Fsp3) is 0.381. The van der Waals surface area contributed by atoms with Gasteiger partial charge in [0.2, 0.25) is 5.91 Å². The van der Waals surface area contributed by atoms with Gasteiger partial charge in [-0.1, -0.05) is 17.7 Å². The number of hydrogen-bond donors (Lipinski definition) is 1. The van der Waals surface area contributed by atoms with E-state index in [-0.39, 0.29) is 23.3 Å². The molecular weight excluding hydrogens is 360 g/mol. The normalized spacial score (nSPS) is 18.9. The number of aryl methyl sites for hydroxylation is 2. The summed E-state index contributed by atoms with van der Waals surface area (Å²) in [6, 6.07) is 10.4. The summed E-state index contributed by atoms with van der Waals surface area (Å²) in [7, 11) is -2.91. The van der Waals surface area contributed by atoms with Crippen LogP contribution in [0.1, 0.15) is 28.9 Å². The maximum Gasteiger partial charge on any atom is 0.244 e. The van der Waals surface area contributed by atoms with E-state index in [9.17, 15) is 13.2 Å². The molecule has 2 heterocycles. The van der Waals surface area contributed by atoms with Crippen LogP contribution in [-0.2, 0) is 14.6 Å². The molecule has 1 aromatic heterocycles. The topological polar surface area (TPSA) is 68.2 Å². The maximum absolute atomic E-state index is 12.1. The standard InChI is InChI=1S/C21H26N2O3S/c1-15-4-7-20(8-5-15)23-16(2)12-19(17(23)3)6-9-21(24)22-13-18-10-11-27(25,26)14-18/h4-9,12,18H,10-11,13-14H2,1-3H3,(H,22,24). The smallest absolute Gasteiger partial charge is 0.244 e. The molecule has 0 spiro atoms. The van der Waals surface area contributed by atoms with E-state index < -0.39 is 9.84 Å². The Hall–Kier alpha value is -2.34. The van der Waals surface area contributed by atoms with E-state index in [1.807, 2.05) is 19.9 Å². The fourth-order valence-corrected chi connectivity index (χ4v) is 5.41. The van der Waals surface area contributed by atoms with Gasteiger partial charge in [-0.15, -0.1) is 0 Å². The van der Waals surface area contributed by atoms with Crippen molar-refractivity contribution in [3.05, 3.63) is 58.9 Å². The summed E-state index contributed by atoms with van der Waals surface area (Å²) in [5.41, 5.74) is 5.48. The minimum Gasteiger partial charge on any atom is -0.352 e. The van der Waals surface area contributed by atoms with Gasteiger partial charge < -0.3 is 9.88 Å². The first kappa shape index (κ1) is 19.4. The molecule has 1 aliphatic heterocycles. The van der Waals surface area contributed by atoms with Gasteiger partial charge in [0, 0.05) is 29.7 Å². The SMILES string of the molecule is Cc1ccc(-n2c(C)cc(C=CC(=O)NCC3CCS(=O)(=O)C3)c2C)cc1. The summed E-state index contributed by atoms with van der Waals surface area (Å²) >= 11 is 0. The number of hydrogen-bond acceptors (Lipinski definition) is 3. The molecule has 1 N–H and O–H groups in total. The van der Waals surface area contributed by atoms with E-state index in [2.05, 4.69) is 47.1 Å². The van der Waals surface area contributed by atoms with Gasteiger partial charge in [-0.3, -0.25) is 4.79 Å². The number of nitrogens with zero attached hydrogens (tertiary/aromatic N) is 1. The minimum atomic E-state index is -2.91. The summed E-state index contributed by atoms with van der Waals surface area (Å²) in [6.07, 6.45) is 3.96. The van der Waals surface area contributed by atoms with Crippen LogP contribution in [0.5, 0.6) is 0 Å². The Labute approximate surface area is 161 Å². The number of amides is 1. The van der Waals surface area contributed by atoms with Gasteiger partial charge in [0.25, 0.3) is 0 Å². The summed E-state index contributed by atoms with van der Waals surface area (Å²) in [6.45, 7) is 6.55. The van der Waals surface area contributed by atoms with Gasteiger partial charge in [0.1, 0.15) is 0 Å². The minimum absolute atomic E-state index is 0.0268. The van der Waals surface area contributed by atoms with Crippen LogP contribution >= 0.6 is 0 Å². The third-order valence-corrected chi connectivity index (χ3v) is 6.91. The number of sulfone groups is 1. The van der Waals surface area contributed by atoms with E-state index >= 15 is 0 Å². The van der Waals surface area contributed by atoms with Crippen LogP contribution in [0.2, 0.25) is 0 Å². The lowest BCUT2D eigenvalue weighted by atomic mass is 10.1. The highest BCUT2D eigenvalue weighted by Crippen LogP contribution is 2.22. The van der Waals surface area contributed by atoms with Crippen molar-refractivity contribution in [2.75, 3.05) is 18.1 Å². The molecule has 144 valence electrons. The molecule has 1 fully saturated rings. The molecule has 0 bridgehead atoms. The second-order valence-corrected chi connectivity index (χ2v) is 9.57. The Bertz CT molecular complexity index is 970. The predicted octanol–water partition coefficient (Wildman–Crippen LogP) is 2.97. The van der Waals surface area contributed by atoms with Crippen molar-refractivity contribution < 1.29 is 13.2 Å². The molecule has 1 atom stereocenters. The van der Waals surface area contributed by atoms with Crippen molar-refractivity contribution in [3.8, 4) is 5.69 Å². The third-order valence-electron chi connectivity index (χ3n) is 5.07. The zero-order valence-corrected chi connectivity index (χ0v) is 16.8. The maximum atomic E-state index is 12.1. The lowest BCUT2D eigenvalue weighted by Gasteiger charge is -2.10. The summed E-state index contributed by atoms with van der Waals surface area (Å²) in [5.74, 6) is 0.238. The first-order chi connectivity index (χ1) is 12.7. The fourth-order valence-electron chi connectivity index (χ4n) is 3.55. The van der Waals surface area contributed by atoms with Gasteiger partial charge >= 0.3 is 0 Å². The van der Waals surface area contributed by atoms with Crippen molar-refractivity contribution in [1.82, 2.24) is 9.88 Å². The van der Waals surface area contributed by atoms with Crippen LogP contribution in [0.15, 0.2) is 36.4 Å². The van der Waals surface area contributed by atoms with Crippen molar-refractivity contribution in [1.29, 1.82) is 0 Å². The molecule has 1 aromatic carbocycles. The highest BCUT2D eigenvalue weighted by atomic mass is 32.2. The molecule has 0 radical (unpaired) electrons. The Kier molecular flexibility index (Phi) is 5.56. The van der Waals surface area contributed by atoms with Gasteiger partial charge in [-0.2, -0.15) is 0 Å². The van der Waals surface area contributed by atoms with E-state index in [4.69, 9.17) is 0 Å². The molecule has 3 rings (SSSR count). The first-order valence-electron chi connectivity index (χ1n) is 9.17. The van der Waals surface area contributed by atoms with Crippen LogP contribution in [0.3, 0.4) is 0 Å². The number of nitrogens with one attached hydrogen (secondary N) is 1. The molecular formula is C21H26N2O3S. The molecule has 0 aliphatic carbocycles. The zero-order chi connectivity index (χ0) is 19.6. The zero-order valence-electron chi connectivity index (χ0n) is 16.0. The average Bonchev–Trinajstić information content (AvgIpc) is 3.10. The number of rotatable bonds is 5. The summed E-state index contributed by atoms with van der Waals surface area (Å²) in [5, 5.41) is 2.81.